The van der Waals surface area contributed by atoms with E-state index in [1.807, 2.05) is 6.92 Å². The fraction of sp³-hybridized carbons (Fsp3) is 0.417. The topological polar surface area (TPSA) is 55.6 Å². The van der Waals surface area contributed by atoms with Crippen molar-refractivity contribution < 1.29 is 9.53 Å². The van der Waals surface area contributed by atoms with Crippen molar-refractivity contribution in [2.24, 2.45) is 0 Å². The summed E-state index contributed by atoms with van der Waals surface area (Å²) in [6.45, 7) is 3.84. The Morgan fingerprint density at radius 1 is 1.59 bits per heavy atom. The van der Waals surface area contributed by atoms with Gasteiger partial charge in [-0.2, -0.15) is 0 Å². The Labute approximate surface area is 109 Å². The highest BCUT2D eigenvalue weighted by Crippen LogP contribution is 2.21. The summed E-state index contributed by atoms with van der Waals surface area (Å²) in [5.74, 6) is 0.0133. The van der Waals surface area contributed by atoms with Gasteiger partial charge in [0.05, 0.1) is 12.7 Å². The van der Waals surface area contributed by atoms with Crippen LogP contribution in [0.5, 0.6) is 0 Å². The molecular weight excluding hydrogens is 284 g/mol. The average molecular weight is 299 g/mol. The Balaban J connectivity index is 2.15. The molecule has 0 aliphatic carbocycles. The van der Waals surface area contributed by atoms with E-state index in [0.29, 0.717) is 30.9 Å². The third-order valence-corrected chi connectivity index (χ3v) is 3.49. The van der Waals surface area contributed by atoms with Gasteiger partial charge in [-0.15, -0.1) is 0 Å². The number of anilines is 1. The van der Waals surface area contributed by atoms with Crippen LogP contribution in [0.25, 0.3) is 0 Å². The second-order valence-corrected chi connectivity index (χ2v) is 5.02. The number of nitrogens with zero attached hydrogens (tertiary/aromatic N) is 1. The zero-order valence-corrected chi connectivity index (χ0v) is 11.2. The summed E-state index contributed by atoms with van der Waals surface area (Å²) < 4.78 is 6.22. The van der Waals surface area contributed by atoms with Crippen LogP contribution in [0.4, 0.5) is 5.69 Å². The second-order valence-electron chi connectivity index (χ2n) is 4.17. The Morgan fingerprint density at radius 2 is 2.35 bits per heavy atom. The lowest BCUT2D eigenvalue weighted by Crippen LogP contribution is -2.44. The first kappa shape index (κ1) is 12.4. The van der Waals surface area contributed by atoms with E-state index in [-0.39, 0.29) is 12.0 Å². The van der Waals surface area contributed by atoms with Crippen molar-refractivity contribution >= 4 is 27.5 Å². The van der Waals surface area contributed by atoms with E-state index >= 15 is 0 Å². The molecule has 2 rings (SSSR count). The molecule has 0 aromatic heterocycles. The molecule has 0 bridgehead atoms. The number of rotatable bonds is 1. The van der Waals surface area contributed by atoms with Gasteiger partial charge in [-0.3, -0.25) is 4.79 Å². The Kier molecular flexibility index (Phi) is 3.69. The van der Waals surface area contributed by atoms with Crippen LogP contribution in [-0.4, -0.2) is 36.6 Å². The summed E-state index contributed by atoms with van der Waals surface area (Å²) in [6, 6.07) is 5.28. The van der Waals surface area contributed by atoms with E-state index < -0.39 is 0 Å². The lowest BCUT2D eigenvalue weighted by molar-refractivity contribution is -0.0124. The van der Waals surface area contributed by atoms with E-state index in [4.69, 9.17) is 10.5 Å². The summed E-state index contributed by atoms with van der Waals surface area (Å²) in [7, 11) is 0. The maximum atomic E-state index is 12.2. The molecule has 0 radical (unpaired) electrons. The molecule has 17 heavy (non-hydrogen) atoms. The number of carbonyl (C=O) groups excluding carboxylic acids is 1. The van der Waals surface area contributed by atoms with Crippen LogP contribution in [0.2, 0.25) is 0 Å². The van der Waals surface area contributed by atoms with Crippen molar-refractivity contribution in [1.29, 1.82) is 0 Å². The van der Waals surface area contributed by atoms with Crippen LogP contribution < -0.4 is 5.73 Å². The minimum atomic E-state index is 0.0133. The lowest BCUT2D eigenvalue weighted by atomic mass is 10.1. The maximum Gasteiger partial charge on any atom is 0.254 e. The Morgan fingerprint density at radius 3 is 3.00 bits per heavy atom. The van der Waals surface area contributed by atoms with Crippen molar-refractivity contribution in [3.8, 4) is 0 Å². The van der Waals surface area contributed by atoms with Crippen LogP contribution in [0.1, 0.15) is 17.3 Å². The monoisotopic (exact) mass is 298 g/mol. The third-order valence-electron chi connectivity index (χ3n) is 2.77. The zero-order valence-electron chi connectivity index (χ0n) is 9.65. The van der Waals surface area contributed by atoms with Crippen LogP contribution in [0.3, 0.4) is 0 Å². The number of benzene rings is 1. The molecule has 1 aromatic rings. The zero-order chi connectivity index (χ0) is 12.4. The van der Waals surface area contributed by atoms with Crippen molar-refractivity contribution in [2.75, 3.05) is 25.4 Å². The number of morpholine rings is 1. The molecule has 1 fully saturated rings. The highest BCUT2D eigenvalue weighted by Gasteiger charge is 2.22. The summed E-state index contributed by atoms with van der Waals surface area (Å²) >= 11 is 3.31. The highest BCUT2D eigenvalue weighted by atomic mass is 79.9. The molecule has 1 aromatic carbocycles. The number of nitrogen functional groups attached to an aromatic ring is 1. The SMILES string of the molecule is CC1CN(C(=O)c2ccc(Br)c(N)c2)CCO1. The fourth-order valence-corrected chi connectivity index (χ4v) is 2.11. The van der Waals surface area contributed by atoms with Crippen molar-refractivity contribution in [3.05, 3.63) is 28.2 Å². The highest BCUT2D eigenvalue weighted by molar-refractivity contribution is 9.10. The Bertz CT molecular complexity index is 437. The number of nitrogens with two attached hydrogens (primary N) is 1. The largest absolute Gasteiger partial charge is 0.398 e. The predicted octanol–water partition coefficient (Wildman–Crippen LogP) is 1.89. The number of amides is 1. The smallest absolute Gasteiger partial charge is 0.254 e. The van der Waals surface area contributed by atoms with Gasteiger partial charge in [0, 0.05) is 28.8 Å². The van der Waals surface area contributed by atoms with Crippen molar-refractivity contribution in [1.82, 2.24) is 4.90 Å². The molecule has 92 valence electrons. The molecule has 5 heteroatoms. The molecule has 1 aliphatic rings. The number of halogens is 1. The quantitative estimate of drug-likeness (QED) is 0.806. The Hall–Kier alpha value is -1.07. The molecule has 1 saturated heterocycles. The summed E-state index contributed by atoms with van der Waals surface area (Å²) in [4.78, 5) is 14.0. The first-order chi connectivity index (χ1) is 8.08. The van der Waals surface area contributed by atoms with Gasteiger partial charge in [-0.1, -0.05) is 0 Å². The van der Waals surface area contributed by atoms with Crippen molar-refractivity contribution in [2.45, 2.75) is 13.0 Å². The standard InChI is InChI=1S/C12H15BrN2O2/c1-8-7-15(4-5-17-8)12(16)9-2-3-10(13)11(14)6-9/h2-3,6,8H,4-5,7,14H2,1H3. The fourth-order valence-electron chi connectivity index (χ4n) is 1.86. The van der Waals surface area contributed by atoms with Gasteiger partial charge < -0.3 is 15.4 Å². The number of ether oxygens (including phenoxy) is 1. The van der Waals surface area contributed by atoms with E-state index in [9.17, 15) is 4.79 Å². The molecule has 0 spiro atoms. The number of hydrogen-bond donors (Lipinski definition) is 1. The van der Waals surface area contributed by atoms with Gasteiger partial charge in [0.15, 0.2) is 0 Å². The molecule has 1 heterocycles. The molecule has 1 unspecified atom stereocenters. The minimum Gasteiger partial charge on any atom is -0.398 e. The van der Waals surface area contributed by atoms with Crippen LogP contribution in [0.15, 0.2) is 22.7 Å². The molecular formula is C12H15BrN2O2. The first-order valence-electron chi connectivity index (χ1n) is 5.54. The van der Waals surface area contributed by atoms with Gasteiger partial charge in [-0.25, -0.2) is 0 Å². The van der Waals surface area contributed by atoms with E-state index in [2.05, 4.69) is 15.9 Å². The molecule has 4 nitrogen and oxygen atoms in total. The average Bonchev–Trinajstić information content (AvgIpc) is 2.32. The van der Waals surface area contributed by atoms with E-state index in [0.717, 1.165) is 4.47 Å². The van der Waals surface area contributed by atoms with Gasteiger partial charge in [0.1, 0.15) is 0 Å². The molecule has 0 saturated carbocycles. The van der Waals surface area contributed by atoms with Gasteiger partial charge in [0.25, 0.3) is 5.91 Å². The third kappa shape index (κ3) is 2.79. The van der Waals surface area contributed by atoms with Gasteiger partial charge >= 0.3 is 0 Å². The number of hydrogen-bond acceptors (Lipinski definition) is 3. The summed E-state index contributed by atoms with van der Waals surface area (Å²) in [5, 5.41) is 0. The lowest BCUT2D eigenvalue weighted by Gasteiger charge is -2.31. The van der Waals surface area contributed by atoms with Crippen LogP contribution in [0, 0.1) is 0 Å². The molecule has 1 atom stereocenters. The normalized spacial score (nSPS) is 20.4. The molecule has 1 amide bonds. The predicted molar refractivity (Wildman–Crippen MR) is 69.9 cm³/mol. The second kappa shape index (κ2) is 5.06. The minimum absolute atomic E-state index is 0.0133. The van der Waals surface area contributed by atoms with Gasteiger partial charge in [-0.05, 0) is 41.1 Å². The first-order valence-corrected chi connectivity index (χ1v) is 6.33. The molecule has 1 aliphatic heterocycles. The van der Waals surface area contributed by atoms with Gasteiger partial charge in [0.2, 0.25) is 0 Å². The summed E-state index contributed by atoms with van der Waals surface area (Å²) in [5.41, 5.74) is 6.98. The van der Waals surface area contributed by atoms with Crippen molar-refractivity contribution in [3.63, 3.8) is 0 Å². The van der Waals surface area contributed by atoms with E-state index in [1.165, 1.54) is 0 Å². The van der Waals surface area contributed by atoms with E-state index in [1.54, 1.807) is 23.1 Å². The summed E-state index contributed by atoms with van der Waals surface area (Å²) in [6.07, 6.45) is 0.0977. The maximum absolute atomic E-state index is 12.2. The van der Waals surface area contributed by atoms with Crippen LogP contribution in [-0.2, 0) is 4.74 Å². The number of carbonyl (C=O) groups is 1. The molecule has 2 N–H and O–H groups in total. The van der Waals surface area contributed by atoms with Crippen LogP contribution >= 0.6 is 15.9 Å².